The van der Waals surface area contributed by atoms with Crippen molar-refractivity contribution in [2.24, 2.45) is 0 Å². The number of aromatic nitrogens is 2. The molecule has 0 radical (unpaired) electrons. The minimum atomic E-state index is -0.177. The molecule has 0 unspecified atom stereocenters. The Kier molecular flexibility index (Phi) is 6.12. The number of rotatable bonds is 5. The van der Waals surface area contributed by atoms with Gasteiger partial charge in [0.05, 0.1) is 34.5 Å². The Balaban J connectivity index is 2.01. The molecule has 1 aliphatic heterocycles. The molecule has 1 aliphatic rings. The summed E-state index contributed by atoms with van der Waals surface area (Å²) in [6.07, 6.45) is 0. The molecule has 2 amide bonds. The van der Waals surface area contributed by atoms with E-state index in [4.69, 9.17) is 38.4 Å². The highest BCUT2D eigenvalue weighted by Crippen LogP contribution is 2.39. The van der Waals surface area contributed by atoms with Crippen LogP contribution in [0.2, 0.25) is 10.0 Å². The molecule has 150 valence electrons. The smallest absolute Gasteiger partial charge is 0.318 e. The summed E-state index contributed by atoms with van der Waals surface area (Å²) in [6, 6.07) is 3.11. The molecule has 0 atom stereocenters. The van der Waals surface area contributed by atoms with Crippen molar-refractivity contribution in [1.29, 1.82) is 0 Å². The standard InChI is InChI=1S/C18H21Cl2N5O3/c1-9(2)22-18(26)25-6-11-14(7-25)23-17(21)24-16(11)10-4-15(28-8-27-3)13(20)5-12(10)19/h4-5,9H,6-8H2,1-3H3,(H,22,26)(H2,21,23,24). The van der Waals surface area contributed by atoms with Crippen LogP contribution in [0.3, 0.4) is 0 Å². The highest BCUT2D eigenvalue weighted by Gasteiger charge is 2.29. The molecular formula is C18H21Cl2N5O3. The molecule has 0 spiro atoms. The van der Waals surface area contributed by atoms with Crippen LogP contribution in [-0.4, -0.2) is 40.8 Å². The van der Waals surface area contributed by atoms with E-state index in [1.165, 1.54) is 7.11 Å². The number of halogens is 2. The first-order valence-corrected chi connectivity index (χ1v) is 9.37. The van der Waals surface area contributed by atoms with E-state index in [9.17, 15) is 4.79 Å². The summed E-state index contributed by atoms with van der Waals surface area (Å²) < 4.78 is 10.4. The van der Waals surface area contributed by atoms with Gasteiger partial charge < -0.3 is 25.4 Å². The van der Waals surface area contributed by atoms with Crippen molar-refractivity contribution in [3.8, 4) is 17.0 Å². The molecule has 1 aromatic heterocycles. The molecule has 3 N–H and O–H groups in total. The van der Waals surface area contributed by atoms with E-state index < -0.39 is 0 Å². The lowest BCUT2D eigenvalue weighted by molar-refractivity contribution is 0.0512. The summed E-state index contributed by atoms with van der Waals surface area (Å²) in [5.74, 6) is 0.506. The fourth-order valence-corrected chi connectivity index (χ4v) is 3.45. The lowest BCUT2D eigenvalue weighted by Gasteiger charge is -2.18. The van der Waals surface area contributed by atoms with Gasteiger partial charge in [0.15, 0.2) is 6.79 Å². The number of nitrogens with zero attached hydrogens (tertiary/aromatic N) is 3. The summed E-state index contributed by atoms with van der Waals surface area (Å²) in [5.41, 5.74) is 8.52. The molecule has 0 fully saturated rings. The monoisotopic (exact) mass is 425 g/mol. The molecule has 0 saturated carbocycles. The molecule has 10 heteroatoms. The van der Waals surface area contributed by atoms with Crippen LogP contribution in [0.5, 0.6) is 5.75 Å². The molecule has 0 saturated heterocycles. The lowest BCUT2D eigenvalue weighted by atomic mass is 10.1. The van der Waals surface area contributed by atoms with E-state index in [-0.39, 0.29) is 24.8 Å². The van der Waals surface area contributed by atoms with Crippen molar-refractivity contribution in [1.82, 2.24) is 20.2 Å². The number of hydrogen-bond donors (Lipinski definition) is 2. The van der Waals surface area contributed by atoms with Crippen molar-refractivity contribution in [2.75, 3.05) is 19.6 Å². The van der Waals surface area contributed by atoms with Crippen LogP contribution in [0.4, 0.5) is 10.7 Å². The van der Waals surface area contributed by atoms with Crippen molar-refractivity contribution in [2.45, 2.75) is 33.0 Å². The third kappa shape index (κ3) is 4.24. The number of urea groups is 1. The maximum Gasteiger partial charge on any atom is 0.318 e. The Morgan fingerprint density at radius 2 is 2.04 bits per heavy atom. The zero-order valence-corrected chi connectivity index (χ0v) is 17.3. The van der Waals surface area contributed by atoms with Crippen LogP contribution in [0.1, 0.15) is 25.1 Å². The van der Waals surface area contributed by atoms with Crippen molar-refractivity contribution in [3.05, 3.63) is 33.4 Å². The Hall–Kier alpha value is -2.29. The van der Waals surface area contributed by atoms with Gasteiger partial charge in [-0.2, -0.15) is 0 Å². The minimum Gasteiger partial charge on any atom is -0.466 e. The van der Waals surface area contributed by atoms with E-state index in [0.717, 1.165) is 5.56 Å². The normalized spacial score (nSPS) is 13.0. The molecule has 2 heterocycles. The van der Waals surface area contributed by atoms with Crippen LogP contribution in [0.25, 0.3) is 11.3 Å². The van der Waals surface area contributed by atoms with E-state index >= 15 is 0 Å². The second-order valence-corrected chi connectivity index (χ2v) is 7.44. The van der Waals surface area contributed by atoms with Gasteiger partial charge in [-0.05, 0) is 26.0 Å². The number of fused-ring (bicyclic) bond motifs is 1. The first-order chi connectivity index (χ1) is 13.3. The molecule has 28 heavy (non-hydrogen) atoms. The third-order valence-corrected chi connectivity index (χ3v) is 4.72. The number of nitrogens with two attached hydrogens (primary N) is 1. The Bertz CT molecular complexity index is 907. The quantitative estimate of drug-likeness (QED) is 0.710. The number of methoxy groups -OCH3 is 1. The molecule has 3 rings (SSSR count). The third-order valence-electron chi connectivity index (χ3n) is 4.11. The van der Waals surface area contributed by atoms with Gasteiger partial charge in [0.25, 0.3) is 0 Å². The Labute approximate surface area is 172 Å². The van der Waals surface area contributed by atoms with E-state index in [1.54, 1.807) is 17.0 Å². The Morgan fingerprint density at radius 3 is 2.71 bits per heavy atom. The zero-order valence-electron chi connectivity index (χ0n) is 15.8. The average Bonchev–Trinajstić information content (AvgIpc) is 3.04. The molecule has 1 aromatic carbocycles. The lowest BCUT2D eigenvalue weighted by Crippen LogP contribution is -2.40. The van der Waals surface area contributed by atoms with Gasteiger partial charge in [0.2, 0.25) is 5.95 Å². The minimum absolute atomic E-state index is 0.0260. The maximum absolute atomic E-state index is 12.4. The summed E-state index contributed by atoms with van der Waals surface area (Å²) in [4.78, 5) is 22.7. The zero-order chi connectivity index (χ0) is 20.4. The number of hydrogen-bond acceptors (Lipinski definition) is 6. The number of ether oxygens (including phenoxy) is 2. The van der Waals surface area contributed by atoms with Crippen LogP contribution < -0.4 is 15.8 Å². The van der Waals surface area contributed by atoms with Gasteiger partial charge in [-0.1, -0.05) is 23.2 Å². The van der Waals surface area contributed by atoms with Crippen molar-refractivity contribution >= 4 is 35.2 Å². The van der Waals surface area contributed by atoms with Crippen LogP contribution in [0, 0.1) is 0 Å². The average molecular weight is 426 g/mol. The van der Waals surface area contributed by atoms with Gasteiger partial charge >= 0.3 is 6.03 Å². The van der Waals surface area contributed by atoms with Gasteiger partial charge in [-0.15, -0.1) is 0 Å². The summed E-state index contributed by atoms with van der Waals surface area (Å²) in [6.45, 7) is 4.52. The first kappa shape index (κ1) is 20.4. The highest BCUT2D eigenvalue weighted by atomic mass is 35.5. The van der Waals surface area contributed by atoms with Gasteiger partial charge in [0, 0.05) is 24.3 Å². The number of nitrogens with one attached hydrogen (secondary N) is 1. The predicted molar refractivity (Wildman–Crippen MR) is 107 cm³/mol. The fourth-order valence-electron chi connectivity index (χ4n) is 2.92. The largest absolute Gasteiger partial charge is 0.466 e. The molecule has 0 aliphatic carbocycles. The maximum atomic E-state index is 12.4. The van der Waals surface area contributed by atoms with E-state index in [2.05, 4.69) is 15.3 Å². The number of anilines is 1. The number of benzene rings is 1. The Morgan fingerprint density at radius 1 is 1.29 bits per heavy atom. The van der Waals surface area contributed by atoms with E-state index in [1.807, 2.05) is 13.8 Å². The first-order valence-electron chi connectivity index (χ1n) is 8.62. The van der Waals surface area contributed by atoms with Gasteiger partial charge in [-0.25, -0.2) is 14.8 Å². The summed E-state index contributed by atoms with van der Waals surface area (Å²) in [5, 5.41) is 3.61. The van der Waals surface area contributed by atoms with Gasteiger partial charge in [0.1, 0.15) is 5.75 Å². The molecule has 0 bridgehead atoms. The second-order valence-electron chi connectivity index (χ2n) is 6.63. The number of nitrogen functional groups attached to an aromatic ring is 1. The SMILES string of the molecule is COCOc1cc(-c2nc(N)nc3c2CN(C(=O)NC(C)C)C3)c(Cl)cc1Cl. The summed E-state index contributed by atoms with van der Waals surface area (Å²) in [7, 11) is 1.51. The van der Waals surface area contributed by atoms with Crippen LogP contribution in [0.15, 0.2) is 12.1 Å². The number of carbonyl (C=O) groups is 1. The fraction of sp³-hybridized carbons (Fsp3) is 0.389. The molecule has 2 aromatic rings. The van der Waals surface area contributed by atoms with Crippen LogP contribution in [-0.2, 0) is 17.8 Å². The second kappa shape index (κ2) is 8.38. The predicted octanol–water partition coefficient (Wildman–Crippen LogP) is 3.45. The molecular weight excluding hydrogens is 405 g/mol. The summed E-state index contributed by atoms with van der Waals surface area (Å²) >= 11 is 12.6. The van der Waals surface area contributed by atoms with E-state index in [0.29, 0.717) is 45.8 Å². The van der Waals surface area contributed by atoms with Crippen molar-refractivity contribution < 1.29 is 14.3 Å². The molecule has 8 nitrogen and oxygen atoms in total. The van der Waals surface area contributed by atoms with Crippen LogP contribution >= 0.6 is 23.2 Å². The number of amides is 2. The number of carbonyl (C=O) groups excluding carboxylic acids is 1. The highest BCUT2D eigenvalue weighted by molar-refractivity contribution is 6.37. The van der Waals surface area contributed by atoms with Gasteiger partial charge in [-0.3, -0.25) is 0 Å². The topological polar surface area (TPSA) is 103 Å². The van der Waals surface area contributed by atoms with Crippen molar-refractivity contribution in [3.63, 3.8) is 0 Å².